The van der Waals surface area contributed by atoms with Crippen LogP contribution < -0.4 is 16.4 Å². The minimum atomic E-state index is 0.607. The fourth-order valence-corrected chi connectivity index (χ4v) is 2.82. The van der Waals surface area contributed by atoms with Crippen LogP contribution in [-0.2, 0) is 0 Å². The highest BCUT2D eigenvalue weighted by atomic mass is 15.1. The molecule has 6 heteroatoms. The molecule has 2 aromatic heterocycles. The summed E-state index contributed by atoms with van der Waals surface area (Å²) in [5.41, 5.74) is 8.91. The van der Waals surface area contributed by atoms with Crippen LogP contribution >= 0.6 is 0 Å². The maximum atomic E-state index is 5.58. The van der Waals surface area contributed by atoms with Crippen molar-refractivity contribution in [2.24, 2.45) is 5.73 Å². The van der Waals surface area contributed by atoms with Crippen LogP contribution in [0.2, 0.25) is 0 Å². The van der Waals surface area contributed by atoms with Gasteiger partial charge in [0.25, 0.3) is 0 Å². The molecule has 126 valence electrons. The molecule has 24 heavy (non-hydrogen) atoms. The summed E-state index contributed by atoms with van der Waals surface area (Å²) in [5.74, 6) is 2.83. The van der Waals surface area contributed by atoms with E-state index in [-0.39, 0.29) is 0 Å². The van der Waals surface area contributed by atoms with Gasteiger partial charge >= 0.3 is 0 Å². The van der Waals surface area contributed by atoms with E-state index in [1.807, 2.05) is 12.4 Å². The Hall–Kier alpha value is -2.21. The lowest BCUT2D eigenvalue weighted by atomic mass is 10.2. The second kappa shape index (κ2) is 6.73. The molecule has 2 fully saturated rings. The van der Waals surface area contributed by atoms with Crippen molar-refractivity contribution < 1.29 is 0 Å². The van der Waals surface area contributed by atoms with E-state index in [2.05, 4.69) is 37.7 Å². The van der Waals surface area contributed by atoms with Crippen molar-refractivity contribution in [2.75, 3.05) is 23.7 Å². The average Bonchev–Trinajstić information content (AvgIpc) is 3.49. The van der Waals surface area contributed by atoms with Gasteiger partial charge in [0.05, 0.1) is 11.9 Å². The summed E-state index contributed by atoms with van der Waals surface area (Å²) in [7, 11) is 0. The lowest BCUT2D eigenvalue weighted by Gasteiger charge is -2.12. The Balaban J connectivity index is 1.48. The molecule has 0 atom stereocenters. The van der Waals surface area contributed by atoms with E-state index >= 15 is 0 Å². The van der Waals surface area contributed by atoms with Gasteiger partial charge in [0, 0.05) is 29.9 Å². The van der Waals surface area contributed by atoms with Gasteiger partial charge in [-0.25, -0.2) is 4.98 Å². The first-order chi connectivity index (χ1) is 11.8. The number of anilines is 3. The summed E-state index contributed by atoms with van der Waals surface area (Å²) in [6.45, 7) is 1.52. The first kappa shape index (κ1) is 15.3. The monoisotopic (exact) mass is 324 g/mol. The SMILES string of the molecule is NCCCNc1nc(Nc2ccc(C3CC3)nc2)ncc1C1CC1. The van der Waals surface area contributed by atoms with Gasteiger partial charge in [0.2, 0.25) is 5.95 Å². The molecule has 6 nitrogen and oxygen atoms in total. The Kier molecular flexibility index (Phi) is 4.30. The molecule has 2 heterocycles. The molecule has 0 spiro atoms. The molecule has 0 radical (unpaired) electrons. The van der Waals surface area contributed by atoms with Crippen molar-refractivity contribution in [3.8, 4) is 0 Å². The highest BCUT2D eigenvalue weighted by molar-refractivity contribution is 5.56. The van der Waals surface area contributed by atoms with Crippen molar-refractivity contribution in [1.82, 2.24) is 15.0 Å². The van der Waals surface area contributed by atoms with E-state index in [0.717, 1.165) is 24.5 Å². The van der Waals surface area contributed by atoms with Crippen LogP contribution in [0.5, 0.6) is 0 Å². The standard InChI is InChI=1S/C18H24N6/c19-8-1-9-20-17-15(12-2-3-12)11-22-18(24-17)23-14-6-7-16(21-10-14)13-4-5-13/h6-7,10-13H,1-5,8-9,19H2,(H2,20,22,23,24). The Labute approximate surface area is 142 Å². The topological polar surface area (TPSA) is 88.8 Å². The minimum Gasteiger partial charge on any atom is -0.370 e. The van der Waals surface area contributed by atoms with Gasteiger partial charge in [-0.05, 0) is 56.7 Å². The highest BCUT2D eigenvalue weighted by Crippen LogP contribution is 2.43. The lowest BCUT2D eigenvalue weighted by molar-refractivity contribution is 0.865. The number of rotatable bonds is 8. The fraction of sp³-hybridized carbons (Fsp3) is 0.500. The van der Waals surface area contributed by atoms with E-state index in [1.54, 1.807) is 0 Å². The lowest BCUT2D eigenvalue weighted by Crippen LogP contribution is -2.12. The number of aromatic nitrogens is 3. The van der Waals surface area contributed by atoms with Crippen LogP contribution in [0.3, 0.4) is 0 Å². The molecule has 2 aliphatic rings. The summed E-state index contributed by atoms with van der Waals surface area (Å²) in [4.78, 5) is 13.7. The second-order valence-electron chi connectivity index (χ2n) is 6.71. The molecule has 2 aromatic rings. The summed E-state index contributed by atoms with van der Waals surface area (Å²) in [5, 5.41) is 6.67. The smallest absolute Gasteiger partial charge is 0.229 e. The largest absolute Gasteiger partial charge is 0.370 e. The minimum absolute atomic E-state index is 0.607. The highest BCUT2D eigenvalue weighted by Gasteiger charge is 2.27. The molecule has 4 rings (SSSR count). The molecule has 2 aliphatic carbocycles. The quantitative estimate of drug-likeness (QED) is 0.647. The number of pyridine rings is 1. The maximum absolute atomic E-state index is 5.58. The van der Waals surface area contributed by atoms with E-state index in [0.29, 0.717) is 24.3 Å². The van der Waals surface area contributed by atoms with Gasteiger partial charge in [0.1, 0.15) is 5.82 Å². The van der Waals surface area contributed by atoms with Gasteiger partial charge in [0.15, 0.2) is 0 Å². The number of nitrogens with zero attached hydrogens (tertiary/aromatic N) is 3. The third-order valence-electron chi connectivity index (χ3n) is 4.55. The maximum Gasteiger partial charge on any atom is 0.229 e. The molecular formula is C18H24N6. The van der Waals surface area contributed by atoms with Crippen LogP contribution in [0.1, 0.15) is 55.2 Å². The Morgan fingerprint density at radius 3 is 2.54 bits per heavy atom. The third kappa shape index (κ3) is 3.64. The second-order valence-corrected chi connectivity index (χ2v) is 6.71. The van der Waals surface area contributed by atoms with Crippen LogP contribution in [0.25, 0.3) is 0 Å². The number of hydrogen-bond acceptors (Lipinski definition) is 6. The third-order valence-corrected chi connectivity index (χ3v) is 4.55. The van der Waals surface area contributed by atoms with E-state index in [1.165, 1.54) is 36.9 Å². The fourth-order valence-electron chi connectivity index (χ4n) is 2.82. The van der Waals surface area contributed by atoms with Crippen LogP contribution in [-0.4, -0.2) is 28.0 Å². The predicted molar refractivity (Wildman–Crippen MR) is 95.7 cm³/mol. The summed E-state index contributed by atoms with van der Waals surface area (Å²) in [6, 6.07) is 4.15. The number of nitrogens with two attached hydrogens (primary N) is 1. The first-order valence-corrected chi connectivity index (χ1v) is 8.87. The van der Waals surface area contributed by atoms with Crippen molar-refractivity contribution in [3.05, 3.63) is 35.8 Å². The number of hydrogen-bond donors (Lipinski definition) is 3. The molecule has 0 bridgehead atoms. The van der Waals surface area contributed by atoms with Crippen molar-refractivity contribution in [2.45, 2.75) is 43.9 Å². The first-order valence-electron chi connectivity index (χ1n) is 8.87. The van der Waals surface area contributed by atoms with Crippen LogP contribution in [0.4, 0.5) is 17.5 Å². The normalized spacial score (nSPS) is 16.9. The zero-order valence-corrected chi connectivity index (χ0v) is 13.8. The van der Waals surface area contributed by atoms with Crippen molar-refractivity contribution in [3.63, 3.8) is 0 Å². The molecular weight excluding hydrogens is 300 g/mol. The van der Waals surface area contributed by atoms with E-state index in [9.17, 15) is 0 Å². The Morgan fingerprint density at radius 2 is 1.88 bits per heavy atom. The van der Waals surface area contributed by atoms with Gasteiger partial charge in [-0.15, -0.1) is 0 Å². The molecule has 0 amide bonds. The number of nitrogens with one attached hydrogen (secondary N) is 2. The zero-order chi connectivity index (χ0) is 16.4. The Bertz CT molecular complexity index is 691. The van der Waals surface area contributed by atoms with Crippen LogP contribution in [0, 0.1) is 0 Å². The van der Waals surface area contributed by atoms with Gasteiger partial charge < -0.3 is 16.4 Å². The predicted octanol–water partition coefficient (Wildman–Crippen LogP) is 3.13. The average molecular weight is 324 g/mol. The van der Waals surface area contributed by atoms with E-state index < -0.39 is 0 Å². The molecule has 2 saturated carbocycles. The summed E-state index contributed by atoms with van der Waals surface area (Å²) in [6.07, 6.45) is 9.75. The van der Waals surface area contributed by atoms with Gasteiger partial charge in [-0.1, -0.05) is 0 Å². The van der Waals surface area contributed by atoms with E-state index in [4.69, 9.17) is 5.73 Å². The van der Waals surface area contributed by atoms with Crippen molar-refractivity contribution >= 4 is 17.5 Å². The van der Waals surface area contributed by atoms with Crippen LogP contribution in [0.15, 0.2) is 24.5 Å². The summed E-state index contributed by atoms with van der Waals surface area (Å²) < 4.78 is 0. The zero-order valence-electron chi connectivity index (χ0n) is 13.8. The molecule has 0 saturated heterocycles. The summed E-state index contributed by atoms with van der Waals surface area (Å²) >= 11 is 0. The molecule has 4 N–H and O–H groups in total. The van der Waals surface area contributed by atoms with Crippen molar-refractivity contribution in [1.29, 1.82) is 0 Å². The van der Waals surface area contributed by atoms with Gasteiger partial charge in [-0.3, -0.25) is 4.98 Å². The molecule has 0 aromatic carbocycles. The van der Waals surface area contributed by atoms with Gasteiger partial charge in [-0.2, -0.15) is 4.98 Å². The molecule has 0 aliphatic heterocycles. The Morgan fingerprint density at radius 1 is 1.04 bits per heavy atom. The molecule has 0 unspecified atom stereocenters.